The maximum Gasteiger partial charge on any atom is 0.264 e. The Bertz CT molecular complexity index is 1660. The van der Waals surface area contributed by atoms with Gasteiger partial charge in [-0.15, -0.1) is 0 Å². The summed E-state index contributed by atoms with van der Waals surface area (Å²) in [7, 11) is 0. The molecule has 62 heavy (non-hydrogen) atoms. The van der Waals surface area contributed by atoms with Crippen molar-refractivity contribution >= 4 is 40.9 Å². The van der Waals surface area contributed by atoms with Gasteiger partial charge in [-0.25, -0.2) is 0 Å². The number of nitrogens with one attached hydrogen (secondary N) is 2. The number of hydrogen-bond acceptors (Lipinski definition) is 16. The number of rotatable bonds is 36. The van der Waals surface area contributed by atoms with Gasteiger partial charge in [-0.1, -0.05) is 24.6 Å². The number of carbonyl (C=O) groups is 5. The number of unbranched alkanes of at least 4 members (excludes halogenated alkanes) is 2. The SMILES string of the molecule is Nc1ccccc1OCCOCCOCCOCCOCCOCCOCCOCCOCCOCCCCCC(=O)Nc1cccc2c1C(=O)N(C1CCC(=O)NC1=O)C2=O. The molecule has 5 amide bonds. The zero-order chi connectivity index (χ0) is 44.0. The number of nitrogens with two attached hydrogens (primary N) is 1. The van der Waals surface area contributed by atoms with Gasteiger partial charge in [0, 0.05) is 19.4 Å². The van der Waals surface area contributed by atoms with Crippen LogP contribution in [0.1, 0.15) is 59.2 Å². The molecule has 2 aromatic rings. The highest BCUT2D eigenvalue weighted by Crippen LogP contribution is 2.32. The number of nitrogens with zero attached hydrogens (tertiary/aromatic N) is 1. The Morgan fingerprint density at radius 3 is 1.61 bits per heavy atom. The number of fused-ring (bicyclic) bond motifs is 1. The summed E-state index contributed by atoms with van der Waals surface area (Å²) in [6.07, 6.45) is 2.44. The van der Waals surface area contributed by atoms with Crippen LogP contribution in [0.5, 0.6) is 5.75 Å². The van der Waals surface area contributed by atoms with Gasteiger partial charge in [0.1, 0.15) is 18.4 Å². The van der Waals surface area contributed by atoms with Gasteiger partial charge in [0.2, 0.25) is 17.7 Å². The first-order valence-electron chi connectivity index (χ1n) is 21.2. The number of anilines is 2. The highest BCUT2D eigenvalue weighted by Gasteiger charge is 2.45. The number of imide groups is 2. The molecule has 0 radical (unpaired) electrons. The Morgan fingerprint density at radius 2 is 1.10 bits per heavy atom. The van der Waals surface area contributed by atoms with Crippen molar-refractivity contribution in [2.75, 3.05) is 137 Å². The minimum Gasteiger partial charge on any atom is -0.489 e. The molecule has 0 spiro atoms. The van der Waals surface area contributed by atoms with E-state index in [9.17, 15) is 24.0 Å². The summed E-state index contributed by atoms with van der Waals surface area (Å²) in [6, 6.07) is 10.9. The second kappa shape index (κ2) is 30.5. The number of hydrogen-bond donors (Lipinski definition) is 3. The lowest BCUT2D eigenvalue weighted by Crippen LogP contribution is -2.54. The van der Waals surface area contributed by atoms with Crippen LogP contribution in [0.25, 0.3) is 0 Å². The number of amides is 5. The van der Waals surface area contributed by atoms with Gasteiger partial charge in [0.05, 0.1) is 135 Å². The van der Waals surface area contributed by atoms with E-state index in [4.69, 9.17) is 53.1 Å². The molecule has 0 saturated carbocycles. The van der Waals surface area contributed by atoms with Crippen molar-refractivity contribution < 1.29 is 71.3 Å². The fourth-order valence-corrected chi connectivity index (χ4v) is 6.18. The second-order valence-corrected chi connectivity index (χ2v) is 13.9. The van der Waals surface area contributed by atoms with Crippen LogP contribution in [0.3, 0.4) is 0 Å². The van der Waals surface area contributed by atoms with Gasteiger partial charge in [-0.3, -0.25) is 34.2 Å². The zero-order valence-corrected chi connectivity index (χ0v) is 35.4. The summed E-state index contributed by atoms with van der Waals surface area (Å²) in [5.41, 5.74) is 6.81. The molecule has 4 N–H and O–H groups in total. The summed E-state index contributed by atoms with van der Waals surface area (Å²) in [5, 5.41) is 4.91. The van der Waals surface area contributed by atoms with E-state index < -0.39 is 29.7 Å². The van der Waals surface area contributed by atoms with Crippen LogP contribution in [0.4, 0.5) is 11.4 Å². The van der Waals surface area contributed by atoms with Gasteiger partial charge in [0.15, 0.2) is 0 Å². The van der Waals surface area contributed by atoms with Crippen LogP contribution in [0.15, 0.2) is 42.5 Å². The molecule has 19 heteroatoms. The highest BCUT2D eigenvalue weighted by molar-refractivity contribution is 6.26. The molecule has 2 aliphatic rings. The van der Waals surface area contributed by atoms with Gasteiger partial charge in [-0.2, -0.15) is 0 Å². The van der Waals surface area contributed by atoms with Gasteiger partial charge < -0.3 is 58.4 Å². The molecule has 4 rings (SSSR count). The molecule has 0 aromatic heterocycles. The van der Waals surface area contributed by atoms with E-state index in [-0.39, 0.29) is 42.0 Å². The lowest BCUT2D eigenvalue weighted by molar-refractivity contribution is -0.136. The molecule has 0 bridgehead atoms. The predicted octanol–water partition coefficient (Wildman–Crippen LogP) is 2.40. The quantitative estimate of drug-likeness (QED) is 0.0507. The predicted molar refractivity (Wildman–Crippen MR) is 224 cm³/mol. The standard InChI is InChI=1S/C43H62N4O15/c44-34-8-3-4-10-37(34)62-32-31-61-30-29-60-28-27-59-26-25-58-24-23-57-22-21-56-20-19-55-18-17-54-16-15-53-14-5-1-2-11-38(48)45-35-9-6-7-33-40(35)43(52)47(42(33)51)36-12-13-39(49)46-41(36)50/h3-4,6-10,36H,1-2,5,11-32,44H2,(H,45,48)(H,46,49,50). The van der Waals surface area contributed by atoms with Crippen LogP contribution in [-0.2, 0) is 57.0 Å². The van der Waals surface area contributed by atoms with Crippen LogP contribution < -0.4 is 21.1 Å². The molecular formula is C43H62N4O15. The first kappa shape index (κ1) is 50.1. The summed E-state index contributed by atoms with van der Waals surface area (Å²) < 4.78 is 55.1. The van der Waals surface area contributed by atoms with Crippen LogP contribution in [0, 0.1) is 0 Å². The molecule has 2 heterocycles. The fraction of sp³-hybridized carbons (Fsp3) is 0.605. The Kier molecular flexibility index (Phi) is 24.6. The highest BCUT2D eigenvalue weighted by atomic mass is 16.6. The number of piperidine rings is 1. The third-order valence-corrected chi connectivity index (χ3v) is 9.32. The number of nitrogen functional groups attached to an aromatic ring is 1. The van der Waals surface area contributed by atoms with Crippen molar-refractivity contribution in [2.45, 2.75) is 44.6 Å². The van der Waals surface area contributed by atoms with E-state index in [0.29, 0.717) is 143 Å². The summed E-state index contributed by atoms with van der Waals surface area (Å²) in [6.45, 7) is 8.83. The normalized spacial score (nSPS) is 15.0. The lowest BCUT2D eigenvalue weighted by atomic mass is 10.0. The van der Waals surface area contributed by atoms with E-state index in [1.807, 2.05) is 18.2 Å². The lowest BCUT2D eigenvalue weighted by Gasteiger charge is -2.27. The molecule has 1 fully saturated rings. The van der Waals surface area contributed by atoms with Gasteiger partial charge in [0.25, 0.3) is 11.8 Å². The van der Waals surface area contributed by atoms with E-state index in [0.717, 1.165) is 17.7 Å². The van der Waals surface area contributed by atoms with Crippen molar-refractivity contribution in [2.24, 2.45) is 0 Å². The van der Waals surface area contributed by atoms with Crippen LogP contribution in [-0.4, -0.2) is 166 Å². The van der Waals surface area contributed by atoms with E-state index in [1.165, 1.54) is 6.07 Å². The van der Waals surface area contributed by atoms with Crippen LogP contribution in [0.2, 0.25) is 0 Å². The van der Waals surface area contributed by atoms with Crippen molar-refractivity contribution in [3.63, 3.8) is 0 Å². The van der Waals surface area contributed by atoms with Crippen LogP contribution >= 0.6 is 0 Å². The topological polar surface area (TPSA) is 231 Å². The average molecular weight is 875 g/mol. The molecule has 1 saturated heterocycles. The Labute approximate surface area is 362 Å². The number of carbonyl (C=O) groups excluding carboxylic acids is 5. The maximum absolute atomic E-state index is 13.2. The maximum atomic E-state index is 13.2. The number of ether oxygens (including phenoxy) is 10. The molecule has 1 unspecified atom stereocenters. The Balaban J connectivity index is 0.826. The first-order valence-corrected chi connectivity index (χ1v) is 21.2. The van der Waals surface area contributed by atoms with Gasteiger partial charge >= 0.3 is 0 Å². The van der Waals surface area contributed by atoms with Crippen molar-refractivity contribution in [1.29, 1.82) is 0 Å². The fourth-order valence-electron chi connectivity index (χ4n) is 6.18. The number of para-hydroxylation sites is 2. The monoisotopic (exact) mass is 874 g/mol. The molecule has 2 aromatic carbocycles. The Hall–Kier alpha value is -4.57. The average Bonchev–Trinajstić information content (AvgIpc) is 3.52. The largest absolute Gasteiger partial charge is 0.489 e. The smallest absolute Gasteiger partial charge is 0.264 e. The second-order valence-electron chi connectivity index (χ2n) is 13.9. The molecular weight excluding hydrogens is 812 g/mol. The molecule has 0 aliphatic carbocycles. The van der Waals surface area contributed by atoms with E-state index >= 15 is 0 Å². The first-order chi connectivity index (χ1) is 30.4. The summed E-state index contributed by atoms with van der Waals surface area (Å²) in [5.74, 6) is -2.07. The van der Waals surface area contributed by atoms with Gasteiger partial charge in [-0.05, 0) is 43.5 Å². The van der Waals surface area contributed by atoms with E-state index in [1.54, 1.807) is 18.2 Å². The minimum atomic E-state index is -1.08. The molecule has 344 valence electrons. The third-order valence-electron chi connectivity index (χ3n) is 9.32. The summed E-state index contributed by atoms with van der Waals surface area (Å²) >= 11 is 0. The molecule has 19 nitrogen and oxygen atoms in total. The minimum absolute atomic E-state index is 0.0266. The third kappa shape index (κ3) is 18.8. The zero-order valence-electron chi connectivity index (χ0n) is 35.4. The van der Waals surface area contributed by atoms with E-state index in [2.05, 4.69) is 10.6 Å². The van der Waals surface area contributed by atoms with Crippen molar-refractivity contribution in [3.05, 3.63) is 53.6 Å². The number of benzene rings is 2. The Morgan fingerprint density at radius 1 is 0.597 bits per heavy atom. The molecule has 2 aliphatic heterocycles. The summed E-state index contributed by atoms with van der Waals surface area (Å²) in [4.78, 5) is 63.6. The molecule has 1 atom stereocenters. The van der Waals surface area contributed by atoms with Crippen molar-refractivity contribution in [1.82, 2.24) is 10.2 Å². The van der Waals surface area contributed by atoms with Crippen molar-refractivity contribution in [3.8, 4) is 5.75 Å².